The lowest BCUT2D eigenvalue weighted by molar-refractivity contribution is -0.167. The Bertz CT molecular complexity index is 3600. The fourth-order valence-corrected chi connectivity index (χ4v) is 18.3. The quantitative estimate of drug-likeness (QED) is 0.0166. The highest BCUT2D eigenvalue weighted by atomic mass is 32.2. The van der Waals surface area contributed by atoms with E-state index < -0.39 is 39.5 Å². The summed E-state index contributed by atoms with van der Waals surface area (Å²) in [6.07, 6.45) is 14.1. The van der Waals surface area contributed by atoms with Crippen molar-refractivity contribution in [3.05, 3.63) is 136 Å². The normalized spacial score (nSPS) is 22.1. The number of thioether (sulfide) groups is 1. The number of unbranched alkanes of at least 4 members (excludes halogenated alkanes) is 5. The zero-order valence-corrected chi connectivity index (χ0v) is 60.5. The summed E-state index contributed by atoms with van der Waals surface area (Å²) in [6.45, 7) is 25.6. The maximum absolute atomic E-state index is 14.3. The van der Waals surface area contributed by atoms with Crippen molar-refractivity contribution < 1.29 is 32.7 Å². The Kier molecular flexibility index (Phi) is 23.2. The lowest BCUT2D eigenvalue weighted by atomic mass is 9.33. The number of carbonyl (C=O) groups excluding carboxylic acids is 4. The summed E-state index contributed by atoms with van der Waals surface area (Å²) in [5, 5.41) is 20.6. The fourth-order valence-electron chi connectivity index (χ4n) is 15.4. The number of aromatic nitrogens is 1. The van der Waals surface area contributed by atoms with Crippen molar-refractivity contribution in [3.8, 4) is 10.4 Å². The van der Waals surface area contributed by atoms with E-state index in [0.717, 1.165) is 129 Å². The van der Waals surface area contributed by atoms with Gasteiger partial charge in [0.1, 0.15) is 12.1 Å². The van der Waals surface area contributed by atoms with Gasteiger partial charge in [0.2, 0.25) is 17.7 Å². The van der Waals surface area contributed by atoms with E-state index in [1.807, 2.05) is 107 Å². The molecule has 3 heterocycles. The van der Waals surface area contributed by atoms with Gasteiger partial charge in [0.25, 0.3) is 15.9 Å². The van der Waals surface area contributed by atoms with Gasteiger partial charge in [-0.1, -0.05) is 121 Å². The van der Waals surface area contributed by atoms with Gasteiger partial charge in [-0.05, 0) is 192 Å². The van der Waals surface area contributed by atoms with Crippen molar-refractivity contribution in [2.45, 2.75) is 199 Å². The highest BCUT2D eigenvalue weighted by Crippen LogP contribution is 2.77. The van der Waals surface area contributed by atoms with Gasteiger partial charge in [0.15, 0.2) is 0 Å². The first-order valence-corrected chi connectivity index (χ1v) is 38.2. The lowest BCUT2D eigenvalue weighted by Gasteiger charge is -2.72. The number of nitrogens with one attached hydrogen (secondary N) is 4. The Hall–Kier alpha value is -6.09. The van der Waals surface area contributed by atoms with E-state index in [9.17, 15) is 32.7 Å². The second kappa shape index (κ2) is 30.8. The SMILES string of the molecule is Cc1cc(S(=O)(=O)NC(=O)c2ccc(N3CCN(CC4=C(C56CC(C)(C5)C6)CC(C)(C)CC4)CC3)cc2)ccc1N[C@H](CCN(C)CCCCCCCCC(=O)N[C@H](C(=O)N1C[C@H](O)C[C@H]1C(=O)N[C@@H](C)c1ccc(-c2scnc2C)cc1)C(C)(C)C)CSc1ccccc1. The number of piperazine rings is 1. The minimum atomic E-state index is -4.17. The molecule has 2 saturated heterocycles. The molecule has 19 heteroatoms. The molecule has 5 N–H and O–H groups in total. The van der Waals surface area contributed by atoms with E-state index in [-0.39, 0.29) is 47.7 Å². The Balaban J connectivity index is 0.630. The minimum absolute atomic E-state index is 0.0178. The average molecular weight is 1350 g/mol. The van der Waals surface area contributed by atoms with Crippen molar-refractivity contribution in [2.75, 3.05) is 75.4 Å². The number of carbonyl (C=O) groups is 4. The molecule has 5 aromatic rings. The van der Waals surface area contributed by atoms with Crippen LogP contribution in [0.25, 0.3) is 10.4 Å². The molecular weight excluding hydrogens is 1250 g/mol. The Morgan fingerprint density at radius 1 is 0.842 bits per heavy atom. The topological polar surface area (TPSA) is 197 Å². The number of sulfonamides is 1. The van der Waals surface area contributed by atoms with Crippen LogP contribution in [0.5, 0.6) is 0 Å². The summed E-state index contributed by atoms with van der Waals surface area (Å²) in [6, 6.07) is 28.7. The maximum Gasteiger partial charge on any atom is 0.264 e. The molecule has 0 radical (unpaired) electrons. The first-order valence-electron chi connectivity index (χ1n) is 34.8. The van der Waals surface area contributed by atoms with Crippen LogP contribution >= 0.6 is 23.1 Å². The molecule has 11 rings (SSSR count). The molecule has 16 nitrogen and oxygen atoms in total. The number of nitrogens with zero attached hydrogens (tertiary/aromatic N) is 5. The molecule has 0 unspecified atom stereocenters. The number of likely N-dealkylation sites (tertiary alicyclic amines) is 1. The summed E-state index contributed by atoms with van der Waals surface area (Å²) in [4.78, 5) is 70.5. The summed E-state index contributed by atoms with van der Waals surface area (Å²) in [5.74, 6) is -0.762. The number of aliphatic hydroxyl groups excluding tert-OH is 1. The molecule has 2 bridgehead atoms. The third-order valence-corrected chi connectivity index (χ3v) is 24.3. The summed E-state index contributed by atoms with van der Waals surface area (Å²) in [5.41, 5.74) is 12.1. The Labute approximate surface area is 574 Å². The summed E-state index contributed by atoms with van der Waals surface area (Å²) >= 11 is 3.37. The van der Waals surface area contributed by atoms with Gasteiger partial charge < -0.3 is 35.8 Å². The van der Waals surface area contributed by atoms with Gasteiger partial charge in [-0.25, -0.2) is 18.1 Å². The van der Waals surface area contributed by atoms with E-state index >= 15 is 0 Å². The van der Waals surface area contributed by atoms with Gasteiger partial charge in [-0.3, -0.25) is 24.1 Å². The zero-order valence-electron chi connectivity index (χ0n) is 58.0. The molecule has 1 aromatic heterocycles. The molecule has 4 aliphatic carbocycles. The molecule has 2 aliphatic heterocycles. The minimum Gasteiger partial charge on any atom is -0.391 e. The lowest BCUT2D eigenvalue weighted by Crippen LogP contribution is -2.61. The van der Waals surface area contributed by atoms with Crippen LogP contribution in [-0.2, 0) is 24.4 Å². The first kappa shape index (κ1) is 71.7. The molecular formula is C76H105N9O7S3. The number of β-amino-alcohol motifs (C(OH)–C–C–N with tert-alkyl or cyclic N) is 1. The molecule has 0 spiro atoms. The van der Waals surface area contributed by atoms with Gasteiger partial charge >= 0.3 is 0 Å². The third kappa shape index (κ3) is 18.4. The van der Waals surface area contributed by atoms with Crippen LogP contribution in [0.4, 0.5) is 11.4 Å². The first-order chi connectivity index (χ1) is 45.1. The molecule has 4 amide bonds. The van der Waals surface area contributed by atoms with Crippen LogP contribution in [0.1, 0.15) is 178 Å². The number of thiazole rings is 1. The van der Waals surface area contributed by atoms with Crippen LogP contribution in [0.2, 0.25) is 0 Å². The smallest absolute Gasteiger partial charge is 0.264 e. The van der Waals surface area contributed by atoms with Crippen LogP contribution in [0.3, 0.4) is 0 Å². The van der Waals surface area contributed by atoms with Crippen molar-refractivity contribution >= 4 is 68.1 Å². The van der Waals surface area contributed by atoms with Gasteiger partial charge in [-0.2, -0.15) is 0 Å². The molecule has 5 atom stereocenters. The van der Waals surface area contributed by atoms with Crippen LogP contribution in [0, 0.1) is 35.5 Å². The number of amides is 4. The van der Waals surface area contributed by atoms with Gasteiger partial charge in [-0.15, -0.1) is 23.1 Å². The van der Waals surface area contributed by atoms with Crippen LogP contribution in [-0.4, -0.2) is 146 Å². The standard InChI is InChI=1S/C76H105N9O7S3/c1-52-42-63(95(91,92)81-70(88)57-27-29-60(30-28-57)84-40-38-83(39-41-84)45-58-33-35-74(7,8)44-64(58)76-48-75(9,49-76)50-76)31-32-65(52)79-59(47-93-62-20-16-15-17-21-62)34-37-82(10)36-19-14-12-11-13-18-22-67(87)80-69(73(4,5)6)72(90)85-46-61(86)43-66(85)71(89)78-53(2)55-23-25-56(26-24-55)68-54(3)77-51-94-68/h15-17,20-21,23-32,42,51,53,59,61,66,69,79,86H,11-14,18-19,22,33-41,43-50H2,1-10H3,(H,78,89)(H,80,87)(H,81,88)/t53-,59+,61+,66-,69+,75?,76?/m0/s1. The number of rotatable bonds is 30. The number of aryl methyl sites for hydroxylation is 2. The Morgan fingerprint density at radius 3 is 2.18 bits per heavy atom. The van der Waals surface area contributed by atoms with Crippen molar-refractivity contribution in [2.24, 2.45) is 21.7 Å². The highest BCUT2D eigenvalue weighted by molar-refractivity contribution is 7.99. The maximum atomic E-state index is 14.3. The number of hydrogen-bond donors (Lipinski definition) is 5. The number of aliphatic hydroxyl groups is 1. The largest absolute Gasteiger partial charge is 0.391 e. The third-order valence-electron chi connectivity index (χ3n) is 20.8. The molecule has 4 aromatic carbocycles. The van der Waals surface area contributed by atoms with Crippen molar-refractivity contribution in [1.82, 2.24) is 35.0 Å². The predicted molar refractivity (Wildman–Crippen MR) is 385 cm³/mol. The molecule has 5 fully saturated rings. The van der Waals surface area contributed by atoms with E-state index in [1.165, 1.54) is 48.3 Å². The second-order valence-corrected chi connectivity index (χ2v) is 34.2. The van der Waals surface area contributed by atoms with Gasteiger partial charge in [0, 0.05) is 85.7 Å². The number of benzene rings is 4. The van der Waals surface area contributed by atoms with Gasteiger partial charge in [0.05, 0.1) is 33.1 Å². The van der Waals surface area contributed by atoms with E-state index in [4.69, 9.17) is 0 Å². The molecule has 6 aliphatic rings. The highest BCUT2D eigenvalue weighted by Gasteiger charge is 2.67. The van der Waals surface area contributed by atoms with E-state index in [1.54, 1.807) is 59.0 Å². The van der Waals surface area contributed by atoms with E-state index in [0.29, 0.717) is 34.7 Å². The van der Waals surface area contributed by atoms with Crippen molar-refractivity contribution in [3.63, 3.8) is 0 Å². The molecule has 3 saturated carbocycles. The predicted octanol–water partition coefficient (Wildman–Crippen LogP) is 13.4. The zero-order chi connectivity index (χ0) is 67.9. The number of anilines is 2. The molecule has 514 valence electrons. The monoisotopic (exact) mass is 1350 g/mol. The number of allylic oxidation sites excluding steroid dienone is 1. The molecule has 95 heavy (non-hydrogen) atoms. The average Bonchev–Trinajstić information content (AvgIpc) is 1.20. The van der Waals surface area contributed by atoms with Crippen molar-refractivity contribution in [1.29, 1.82) is 0 Å². The van der Waals surface area contributed by atoms with Crippen LogP contribution < -0.4 is 25.6 Å². The number of hydrogen-bond acceptors (Lipinski definition) is 14. The summed E-state index contributed by atoms with van der Waals surface area (Å²) < 4.78 is 29.9. The summed E-state index contributed by atoms with van der Waals surface area (Å²) in [7, 11) is -2.01. The second-order valence-electron chi connectivity index (χ2n) is 30.6. The van der Waals surface area contributed by atoms with Crippen LogP contribution in [0.15, 0.2) is 124 Å². The van der Waals surface area contributed by atoms with E-state index in [2.05, 4.69) is 80.3 Å². The fraction of sp³-hybridized carbons (Fsp3) is 0.566. The Morgan fingerprint density at radius 2 is 1.53 bits per heavy atom.